The lowest BCUT2D eigenvalue weighted by atomic mass is 9.92. The first-order valence-electron chi connectivity index (χ1n) is 14.3. The van der Waals surface area contributed by atoms with Gasteiger partial charge in [0.05, 0.1) is 30.3 Å². The zero-order chi connectivity index (χ0) is 29.8. The third kappa shape index (κ3) is 6.95. The summed E-state index contributed by atoms with van der Waals surface area (Å²) in [5, 5.41) is 16.3. The molecule has 1 amide bonds. The van der Waals surface area contributed by atoms with Gasteiger partial charge >= 0.3 is 5.97 Å². The Morgan fingerprint density at radius 3 is 2.40 bits per heavy atom. The minimum absolute atomic E-state index is 0.0810. The molecule has 0 bridgehead atoms. The van der Waals surface area contributed by atoms with Gasteiger partial charge in [0.2, 0.25) is 5.91 Å². The second kappa shape index (κ2) is 13.0. The Morgan fingerprint density at radius 1 is 1.05 bits per heavy atom. The van der Waals surface area contributed by atoms with E-state index in [0.29, 0.717) is 6.54 Å². The van der Waals surface area contributed by atoms with Crippen LogP contribution in [0, 0.1) is 6.92 Å². The van der Waals surface area contributed by atoms with Gasteiger partial charge in [-0.05, 0) is 101 Å². The number of hydrogen-bond acceptors (Lipinski definition) is 5. The second-order valence-electron chi connectivity index (χ2n) is 11.2. The Morgan fingerprint density at radius 2 is 1.76 bits per heavy atom. The molecular formula is C33H36BrFN4O3. The lowest BCUT2D eigenvalue weighted by Crippen LogP contribution is -2.43. The fourth-order valence-electron chi connectivity index (χ4n) is 5.46. The van der Waals surface area contributed by atoms with Crippen molar-refractivity contribution in [2.45, 2.75) is 51.2 Å². The maximum absolute atomic E-state index is 14.5. The average molecular weight is 636 g/mol. The summed E-state index contributed by atoms with van der Waals surface area (Å²) in [6.07, 6.45) is 2.68. The highest BCUT2D eigenvalue weighted by Gasteiger charge is 2.36. The van der Waals surface area contributed by atoms with Gasteiger partial charge in [0, 0.05) is 35.9 Å². The SMILES string of the molecule is Cc1ccccc1NC(Nc1ccc(CC(=O)N2CC(F)CC2CN(C)c2ccc(C(=O)O)cc2)cc1Br)=C1CCC1. The first-order chi connectivity index (χ1) is 20.2. The number of benzene rings is 3. The highest BCUT2D eigenvalue weighted by molar-refractivity contribution is 9.10. The van der Waals surface area contributed by atoms with Crippen molar-refractivity contribution in [1.82, 2.24) is 4.90 Å². The van der Waals surface area contributed by atoms with Crippen LogP contribution in [0.2, 0.25) is 0 Å². The molecule has 2 aliphatic rings. The molecule has 1 saturated carbocycles. The molecule has 7 nitrogen and oxygen atoms in total. The molecule has 2 fully saturated rings. The van der Waals surface area contributed by atoms with Crippen molar-refractivity contribution in [3.63, 3.8) is 0 Å². The molecule has 220 valence electrons. The molecule has 1 aliphatic heterocycles. The number of allylic oxidation sites excluding steroid dienone is 1. The van der Waals surface area contributed by atoms with Crippen LogP contribution in [0.3, 0.4) is 0 Å². The number of rotatable bonds is 10. The maximum Gasteiger partial charge on any atom is 0.335 e. The van der Waals surface area contributed by atoms with Crippen molar-refractivity contribution in [2.75, 3.05) is 35.7 Å². The number of likely N-dealkylation sites (N-methyl/N-ethyl adjacent to an activating group) is 1. The average Bonchev–Trinajstić information content (AvgIpc) is 3.30. The normalized spacial score (nSPS) is 17.9. The van der Waals surface area contributed by atoms with E-state index in [2.05, 4.69) is 45.6 Å². The number of aryl methyl sites for hydroxylation is 1. The van der Waals surface area contributed by atoms with E-state index in [1.807, 2.05) is 42.3 Å². The highest BCUT2D eigenvalue weighted by atomic mass is 79.9. The molecular weight excluding hydrogens is 599 g/mol. The number of anilines is 3. The van der Waals surface area contributed by atoms with E-state index < -0.39 is 12.1 Å². The van der Waals surface area contributed by atoms with Crippen LogP contribution >= 0.6 is 15.9 Å². The van der Waals surface area contributed by atoms with Crippen LogP contribution in [-0.2, 0) is 11.2 Å². The molecule has 42 heavy (non-hydrogen) atoms. The number of halogens is 2. The van der Waals surface area contributed by atoms with Gasteiger partial charge in [-0.3, -0.25) is 4.79 Å². The van der Waals surface area contributed by atoms with Crippen molar-refractivity contribution >= 4 is 44.9 Å². The quantitative estimate of drug-likeness (QED) is 0.223. The fourth-order valence-corrected chi connectivity index (χ4v) is 5.98. The van der Waals surface area contributed by atoms with Gasteiger partial charge in [-0.2, -0.15) is 0 Å². The number of carbonyl (C=O) groups excluding carboxylic acids is 1. The number of alkyl halides is 1. The molecule has 2 atom stereocenters. The predicted octanol–water partition coefficient (Wildman–Crippen LogP) is 6.99. The van der Waals surface area contributed by atoms with Gasteiger partial charge in [0.25, 0.3) is 0 Å². The van der Waals surface area contributed by atoms with E-state index in [0.717, 1.165) is 45.8 Å². The van der Waals surface area contributed by atoms with Crippen molar-refractivity contribution in [3.8, 4) is 0 Å². The molecule has 0 spiro atoms. The zero-order valence-corrected chi connectivity index (χ0v) is 25.5. The van der Waals surface area contributed by atoms with Gasteiger partial charge in [0.1, 0.15) is 12.0 Å². The maximum atomic E-state index is 14.5. The molecule has 1 aliphatic carbocycles. The number of carboxylic acids is 1. The molecule has 2 unspecified atom stereocenters. The molecule has 3 aromatic carbocycles. The van der Waals surface area contributed by atoms with E-state index >= 15 is 0 Å². The standard InChI is InChI=1S/C33H36BrFN4O3/c1-21-6-3-4-9-29(21)36-32(23-7-5-8-23)37-30-15-10-22(16-28(30)34)17-31(40)39-19-25(35)18-27(39)20-38(2)26-13-11-24(12-14-26)33(41)42/h3-4,6,9-16,25,27,36-37H,5,7-8,17-20H2,1-2H3,(H,41,42). The van der Waals surface area contributed by atoms with Crippen LogP contribution in [-0.4, -0.2) is 54.2 Å². The number of nitrogens with zero attached hydrogens (tertiary/aromatic N) is 2. The Bertz CT molecular complexity index is 1490. The summed E-state index contributed by atoms with van der Waals surface area (Å²) in [6, 6.07) is 20.3. The van der Waals surface area contributed by atoms with E-state index in [1.54, 1.807) is 29.2 Å². The van der Waals surface area contributed by atoms with Gasteiger partial charge < -0.3 is 25.5 Å². The van der Waals surface area contributed by atoms with Crippen molar-refractivity contribution in [2.24, 2.45) is 0 Å². The second-order valence-corrected chi connectivity index (χ2v) is 12.0. The lowest BCUT2D eigenvalue weighted by molar-refractivity contribution is -0.131. The summed E-state index contributed by atoms with van der Waals surface area (Å²) in [7, 11) is 1.87. The Labute approximate surface area is 254 Å². The Balaban J connectivity index is 1.24. The van der Waals surface area contributed by atoms with Crippen LogP contribution in [0.15, 0.2) is 82.6 Å². The van der Waals surface area contributed by atoms with E-state index in [9.17, 15) is 14.0 Å². The van der Waals surface area contributed by atoms with E-state index in [1.165, 1.54) is 17.6 Å². The molecule has 0 radical (unpaired) electrons. The van der Waals surface area contributed by atoms with E-state index in [-0.39, 0.29) is 36.9 Å². The zero-order valence-electron chi connectivity index (χ0n) is 23.9. The van der Waals surface area contributed by atoms with Gasteiger partial charge in [-0.1, -0.05) is 24.3 Å². The number of hydrogen-bond donors (Lipinski definition) is 3. The van der Waals surface area contributed by atoms with Gasteiger partial charge in [-0.25, -0.2) is 9.18 Å². The summed E-state index contributed by atoms with van der Waals surface area (Å²) < 4.78 is 15.4. The van der Waals surface area contributed by atoms with Crippen molar-refractivity contribution < 1.29 is 19.1 Å². The van der Waals surface area contributed by atoms with Crippen molar-refractivity contribution in [3.05, 3.63) is 99.3 Å². The van der Waals surface area contributed by atoms with Crippen LogP contribution in [0.5, 0.6) is 0 Å². The van der Waals surface area contributed by atoms with Crippen LogP contribution in [0.25, 0.3) is 0 Å². The summed E-state index contributed by atoms with van der Waals surface area (Å²) >= 11 is 3.69. The van der Waals surface area contributed by atoms with Crippen molar-refractivity contribution in [1.29, 1.82) is 0 Å². The third-order valence-corrected chi connectivity index (χ3v) is 8.74. The molecule has 1 saturated heterocycles. The van der Waals surface area contributed by atoms with E-state index in [4.69, 9.17) is 5.11 Å². The number of likely N-dealkylation sites (tertiary alicyclic amines) is 1. The number of carbonyl (C=O) groups is 2. The molecule has 1 heterocycles. The van der Waals surface area contributed by atoms with Gasteiger partial charge in [-0.15, -0.1) is 0 Å². The summed E-state index contributed by atoms with van der Waals surface area (Å²) in [6.45, 7) is 2.62. The first-order valence-corrected chi connectivity index (χ1v) is 15.1. The van der Waals surface area contributed by atoms with Gasteiger partial charge in [0.15, 0.2) is 0 Å². The monoisotopic (exact) mass is 634 g/mol. The minimum Gasteiger partial charge on any atom is -0.478 e. The number of carboxylic acid groups (broad SMARTS) is 1. The summed E-state index contributed by atoms with van der Waals surface area (Å²) in [5.74, 6) is -0.0983. The summed E-state index contributed by atoms with van der Waals surface area (Å²) in [4.78, 5) is 28.1. The topological polar surface area (TPSA) is 84.9 Å². The number of nitrogens with one attached hydrogen (secondary N) is 2. The fraction of sp³-hybridized carbons (Fsp3) is 0.333. The third-order valence-electron chi connectivity index (χ3n) is 8.09. The minimum atomic E-state index is -1.07. The molecule has 3 N–H and O–H groups in total. The lowest BCUT2D eigenvalue weighted by Gasteiger charge is -2.30. The molecule has 9 heteroatoms. The molecule has 0 aromatic heterocycles. The number of para-hydroxylation sites is 1. The Hall–Kier alpha value is -3.85. The Kier molecular flexibility index (Phi) is 9.16. The largest absolute Gasteiger partial charge is 0.478 e. The first kappa shape index (κ1) is 29.6. The molecule has 5 rings (SSSR count). The van der Waals surface area contributed by atoms with Crippen LogP contribution < -0.4 is 15.5 Å². The smallest absolute Gasteiger partial charge is 0.335 e. The molecule has 3 aromatic rings. The van der Waals surface area contributed by atoms with Crippen LogP contribution in [0.4, 0.5) is 21.5 Å². The predicted molar refractivity (Wildman–Crippen MR) is 169 cm³/mol. The number of amides is 1. The summed E-state index contributed by atoms with van der Waals surface area (Å²) in [5.41, 5.74) is 6.36. The van der Waals surface area contributed by atoms with Crippen LogP contribution in [0.1, 0.15) is 47.2 Å². The number of aromatic carboxylic acids is 1. The highest BCUT2D eigenvalue weighted by Crippen LogP contribution is 2.33.